The number of nitrogens with zero attached hydrogens (tertiary/aromatic N) is 5. The number of aromatic nitrogens is 1. The van der Waals surface area contributed by atoms with Crippen molar-refractivity contribution >= 4 is 76.0 Å². The summed E-state index contributed by atoms with van der Waals surface area (Å²) < 4.78 is 33.4. The van der Waals surface area contributed by atoms with Crippen LogP contribution < -0.4 is 66.2 Å². The molecular weight excluding hydrogens is 1410 g/mol. The van der Waals surface area contributed by atoms with E-state index in [9.17, 15) is 43.2 Å². The molecule has 5 fully saturated rings. The van der Waals surface area contributed by atoms with E-state index in [1.54, 1.807) is 131 Å². The Morgan fingerprint density at radius 1 is 0.432 bits per heavy atom. The Morgan fingerprint density at radius 3 is 1.23 bits per heavy atom. The molecule has 24 heteroatoms. The molecule has 4 saturated heterocycles. The lowest BCUT2D eigenvalue weighted by atomic mass is 9.97. The first-order valence-electron chi connectivity index (χ1n) is 37.1. The van der Waals surface area contributed by atoms with Gasteiger partial charge in [-0.1, -0.05) is 80.1 Å². The normalized spacial score (nSPS) is 17.0. The maximum absolute atomic E-state index is 12.8. The van der Waals surface area contributed by atoms with Gasteiger partial charge in [0.2, 0.25) is 47.3 Å². The number of nitrogens with two attached hydrogens (primary N) is 4. The number of hydrogen-bond acceptors (Lipinski definition) is 16. The van der Waals surface area contributed by atoms with Gasteiger partial charge in [0.1, 0.15) is 35.4 Å². The summed E-state index contributed by atoms with van der Waals surface area (Å²) >= 11 is 0. The lowest BCUT2D eigenvalue weighted by Crippen LogP contribution is -2.25. The Bertz CT molecular complexity index is 4840. The molecule has 574 valence electrons. The third kappa shape index (κ3) is 21.5. The number of carbonyl (C=O) groups excluding carboxylic acids is 9. The van der Waals surface area contributed by atoms with E-state index in [2.05, 4.69) is 11.9 Å². The van der Waals surface area contributed by atoms with Gasteiger partial charge in [-0.15, -0.1) is 0 Å². The van der Waals surface area contributed by atoms with Crippen molar-refractivity contribution in [2.24, 2.45) is 28.9 Å². The standard InChI is InChI=1S/C24H23N3O4.C21H22N2O5.C21H22N2O3.C21H24N2O3/c1-30-20-5-6-21(22(13-20)31-15-16-7-9-26-10-8-16)18-12-23(28)27(14-18)19-4-2-3-17(11-19)24(25)29;1-2-27-20(25)13-28-18-8-4-5-14(10-18)16-11-19(24)23(12-16)17-7-3-6-15(9-17)21(22)26;22-21(25)16-4-1-5-18(9-16)23-12-17(11-20(23)24)15-3-2-6-19(10-15)26-13-14-7-8-14;1-2-3-10-26-19-9-5-6-15(12-19)17-13-20(24)23(14-17)18-8-4-7-16(11-18)21(22)25/h2-11,13,18H,12,14-15H2,1H3,(H2,25,29);3-10,16H,2,11-13H2,1H3,(H2,22,26);1-6,9-10,14,17H,7-8,11-13H2,(H2,22,25);4-9,11-12,17H,2-3,10,13-14H2,1H3,(H2,22,25). The number of rotatable bonds is 27. The monoisotopic (exact) mass is 1500 g/mol. The third-order valence-electron chi connectivity index (χ3n) is 19.7. The highest BCUT2D eigenvalue weighted by Crippen LogP contribution is 2.41. The van der Waals surface area contributed by atoms with Crippen LogP contribution in [0.1, 0.15) is 158 Å². The Labute approximate surface area is 644 Å². The van der Waals surface area contributed by atoms with Crippen molar-refractivity contribution in [3.05, 3.63) is 263 Å². The maximum atomic E-state index is 12.8. The molecule has 8 N–H and O–H groups in total. The molecule has 111 heavy (non-hydrogen) atoms. The Hall–Kier alpha value is -12.9. The van der Waals surface area contributed by atoms with Crippen molar-refractivity contribution in [2.45, 2.75) is 95.5 Å². The zero-order valence-corrected chi connectivity index (χ0v) is 62.3. The maximum Gasteiger partial charge on any atom is 0.344 e. The van der Waals surface area contributed by atoms with Gasteiger partial charge in [0, 0.05) is 139 Å². The van der Waals surface area contributed by atoms with Gasteiger partial charge in [0.15, 0.2) is 6.61 Å². The summed E-state index contributed by atoms with van der Waals surface area (Å²) in [5.74, 6) is 2.10. The van der Waals surface area contributed by atoms with Crippen LogP contribution in [-0.2, 0) is 35.3 Å². The van der Waals surface area contributed by atoms with Crippen LogP contribution >= 0.6 is 0 Å². The predicted octanol–water partition coefficient (Wildman–Crippen LogP) is 12.1. The second-order valence-corrected chi connectivity index (χ2v) is 27.6. The van der Waals surface area contributed by atoms with Crippen LogP contribution in [0.15, 0.2) is 213 Å². The van der Waals surface area contributed by atoms with Gasteiger partial charge in [0.05, 0.1) is 26.9 Å². The lowest BCUT2D eigenvalue weighted by Gasteiger charge is -2.19. The highest BCUT2D eigenvalue weighted by atomic mass is 16.6. The fraction of sp³-hybridized carbons (Fsp3) is 0.287. The summed E-state index contributed by atoms with van der Waals surface area (Å²) in [6.07, 6.45) is 9.67. The van der Waals surface area contributed by atoms with Crippen molar-refractivity contribution in [2.75, 3.05) is 79.3 Å². The Balaban J connectivity index is 0.000000147. The molecule has 5 aliphatic rings. The summed E-state index contributed by atoms with van der Waals surface area (Å²) in [4.78, 5) is 118. The molecule has 8 amide bonds. The molecule has 5 heterocycles. The van der Waals surface area contributed by atoms with Crippen molar-refractivity contribution in [1.29, 1.82) is 0 Å². The molecule has 0 spiro atoms. The molecule has 24 nitrogen and oxygen atoms in total. The van der Waals surface area contributed by atoms with E-state index in [-0.39, 0.29) is 53.9 Å². The zero-order valence-electron chi connectivity index (χ0n) is 62.3. The average molecular weight is 1500 g/mol. The molecule has 1 aliphatic carbocycles. The number of ether oxygens (including phenoxy) is 6. The van der Waals surface area contributed by atoms with Gasteiger partial charge in [-0.05, 0) is 187 Å². The van der Waals surface area contributed by atoms with Crippen LogP contribution in [0.5, 0.6) is 28.7 Å². The first-order chi connectivity index (χ1) is 53.7. The molecule has 4 atom stereocenters. The number of hydrogen-bond donors (Lipinski definition) is 4. The predicted molar refractivity (Wildman–Crippen MR) is 420 cm³/mol. The van der Waals surface area contributed by atoms with Gasteiger partial charge in [-0.25, -0.2) is 4.79 Å². The van der Waals surface area contributed by atoms with Crippen molar-refractivity contribution < 1.29 is 71.6 Å². The van der Waals surface area contributed by atoms with Crippen molar-refractivity contribution in [3.8, 4) is 28.7 Å². The smallest absolute Gasteiger partial charge is 0.344 e. The second kappa shape index (κ2) is 37.8. The molecule has 0 bridgehead atoms. The fourth-order valence-corrected chi connectivity index (χ4v) is 13.5. The highest BCUT2D eigenvalue weighted by molar-refractivity contribution is 6.02. The van der Waals surface area contributed by atoms with Gasteiger partial charge in [-0.2, -0.15) is 0 Å². The molecular formula is C87H91N9O15. The summed E-state index contributed by atoms with van der Waals surface area (Å²) in [6.45, 7) is 8.02. The first-order valence-corrected chi connectivity index (χ1v) is 37.1. The highest BCUT2D eigenvalue weighted by Gasteiger charge is 2.37. The largest absolute Gasteiger partial charge is 0.497 e. The number of carbonyl (C=O) groups is 9. The van der Waals surface area contributed by atoms with Crippen LogP contribution in [0, 0.1) is 5.92 Å². The third-order valence-corrected chi connectivity index (χ3v) is 19.7. The van der Waals surface area contributed by atoms with E-state index in [0.29, 0.717) is 134 Å². The van der Waals surface area contributed by atoms with Crippen molar-refractivity contribution in [3.63, 3.8) is 0 Å². The summed E-state index contributed by atoms with van der Waals surface area (Å²) in [6, 6.07) is 60.2. The summed E-state index contributed by atoms with van der Waals surface area (Å²) in [5.41, 5.74) is 30.8. The number of anilines is 4. The Kier molecular flexibility index (Phi) is 27.0. The molecule has 14 rings (SSSR count). The van der Waals surface area contributed by atoms with Crippen LogP contribution in [0.2, 0.25) is 0 Å². The summed E-state index contributed by atoms with van der Waals surface area (Å²) in [7, 11) is 1.61. The second-order valence-electron chi connectivity index (χ2n) is 27.6. The first kappa shape index (κ1) is 79.2. The molecule has 1 saturated carbocycles. The number of methoxy groups -OCH3 is 1. The molecule has 8 aromatic carbocycles. The minimum atomic E-state index is -0.531. The van der Waals surface area contributed by atoms with Crippen LogP contribution in [0.25, 0.3) is 0 Å². The van der Waals surface area contributed by atoms with E-state index < -0.39 is 29.6 Å². The average Bonchev–Trinajstić information content (AvgIpc) is 1.68. The van der Waals surface area contributed by atoms with E-state index in [1.165, 1.54) is 12.8 Å². The minimum Gasteiger partial charge on any atom is -0.497 e. The van der Waals surface area contributed by atoms with Gasteiger partial charge in [-0.3, -0.25) is 43.3 Å². The van der Waals surface area contributed by atoms with Gasteiger partial charge >= 0.3 is 5.97 Å². The van der Waals surface area contributed by atoms with E-state index in [4.69, 9.17) is 51.4 Å². The van der Waals surface area contributed by atoms with Crippen molar-refractivity contribution in [1.82, 2.24) is 4.98 Å². The lowest BCUT2D eigenvalue weighted by molar-refractivity contribution is -0.145. The number of pyridine rings is 1. The van der Waals surface area contributed by atoms with Crippen LogP contribution in [0.3, 0.4) is 0 Å². The molecule has 9 aromatic rings. The number of amides is 8. The van der Waals surface area contributed by atoms with E-state index >= 15 is 0 Å². The zero-order chi connectivity index (χ0) is 78.5. The summed E-state index contributed by atoms with van der Waals surface area (Å²) in [5, 5.41) is 0. The topological polar surface area (TPSA) is 339 Å². The number of unbranched alkanes of at least 4 members (excludes halogenated alkanes) is 1. The molecule has 4 aliphatic heterocycles. The molecule has 0 radical (unpaired) electrons. The number of benzene rings is 8. The SMILES string of the molecule is CCCCOc1cccc(C2CC(=O)N(c3cccc(C(N)=O)c3)C2)c1.CCOC(=O)COc1cccc(C2CC(=O)N(c3cccc(C(N)=O)c3)C2)c1.COc1ccc(C2CC(=O)N(c3cccc(C(N)=O)c3)C2)c(OCc2ccncc2)c1.NC(=O)c1cccc(N2CC(c3cccc(OCC4CC4)c3)CC2=O)c1. The van der Waals surface area contributed by atoms with Crippen LogP contribution in [0.4, 0.5) is 22.7 Å². The molecule has 1 aromatic heterocycles. The minimum absolute atomic E-state index is 0.0116. The molecule has 4 unspecified atom stereocenters. The number of esters is 1. The van der Waals surface area contributed by atoms with Gasteiger partial charge in [0.25, 0.3) is 0 Å². The Morgan fingerprint density at radius 2 is 0.829 bits per heavy atom. The quantitative estimate of drug-likeness (QED) is 0.0274. The van der Waals surface area contributed by atoms with Crippen LogP contribution in [-0.4, -0.2) is 118 Å². The van der Waals surface area contributed by atoms with E-state index in [0.717, 1.165) is 64.5 Å². The number of primary amides is 4. The fourth-order valence-electron chi connectivity index (χ4n) is 13.5. The van der Waals surface area contributed by atoms with E-state index in [1.807, 2.05) is 115 Å². The van der Waals surface area contributed by atoms with Gasteiger partial charge < -0.3 is 71.0 Å².